The van der Waals surface area contributed by atoms with Gasteiger partial charge < -0.3 is 10.1 Å². The molecule has 1 aromatic rings. The summed E-state index contributed by atoms with van der Waals surface area (Å²) in [6, 6.07) is 7.41. The number of esters is 1. The van der Waals surface area contributed by atoms with Crippen molar-refractivity contribution in [2.24, 2.45) is 0 Å². The molecule has 1 N–H and O–H groups in total. The second kappa shape index (κ2) is 8.71. The minimum Gasteiger partial charge on any atom is -0.469 e. The molecule has 1 amide bonds. The molecule has 0 aromatic heterocycles. The summed E-state index contributed by atoms with van der Waals surface area (Å²) >= 11 is 3.35. The van der Waals surface area contributed by atoms with Crippen LogP contribution in [-0.4, -0.2) is 43.5 Å². The number of nitrogens with one attached hydrogen (secondary N) is 1. The Balaban J connectivity index is 2.44. The zero-order valence-corrected chi connectivity index (χ0v) is 13.3. The molecule has 0 fully saturated rings. The third-order valence-corrected chi connectivity index (χ3v) is 3.28. The number of carbonyl (C=O) groups is 2. The molecule has 1 aromatic carbocycles. The molecule has 0 aliphatic rings. The number of ether oxygens (including phenoxy) is 1. The maximum atomic E-state index is 11.9. The lowest BCUT2D eigenvalue weighted by molar-refractivity contribution is -0.141. The summed E-state index contributed by atoms with van der Waals surface area (Å²) in [5, 5.41) is 2.82. The highest BCUT2D eigenvalue weighted by atomic mass is 79.9. The number of rotatable bonds is 7. The molecule has 1 rings (SSSR count). The predicted octanol–water partition coefficient (Wildman–Crippen LogP) is 2.27. The van der Waals surface area contributed by atoms with Crippen molar-refractivity contribution in [2.75, 3.05) is 32.1 Å². The van der Waals surface area contributed by atoms with E-state index >= 15 is 0 Å². The molecule has 0 aliphatic carbocycles. The first kappa shape index (κ1) is 16.7. The molecule has 0 heterocycles. The molecule has 5 nitrogen and oxygen atoms in total. The monoisotopic (exact) mass is 342 g/mol. The van der Waals surface area contributed by atoms with Crippen LogP contribution in [0.5, 0.6) is 0 Å². The highest BCUT2D eigenvalue weighted by Crippen LogP contribution is 2.15. The quantitative estimate of drug-likeness (QED) is 0.772. The Morgan fingerprint density at radius 1 is 1.40 bits per heavy atom. The van der Waals surface area contributed by atoms with Crippen LogP contribution in [0, 0.1) is 0 Å². The summed E-state index contributed by atoms with van der Waals surface area (Å²) in [7, 11) is 1.36. The number of carbonyl (C=O) groups excluding carboxylic acids is 2. The zero-order valence-electron chi connectivity index (χ0n) is 11.7. The van der Waals surface area contributed by atoms with Gasteiger partial charge in [-0.2, -0.15) is 0 Å². The van der Waals surface area contributed by atoms with E-state index < -0.39 is 0 Å². The van der Waals surface area contributed by atoms with Gasteiger partial charge in [-0.25, -0.2) is 0 Å². The van der Waals surface area contributed by atoms with Gasteiger partial charge in [0.25, 0.3) is 0 Å². The third-order valence-electron chi connectivity index (χ3n) is 2.78. The van der Waals surface area contributed by atoms with Crippen LogP contribution in [0.25, 0.3) is 0 Å². The Labute approximate surface area is 127 Å². The average molecular weight is 343 g/mol. The molecule has 0 aliphatic heterocycles. The summed E-state index contributed by atoms with van der Waals surface area (Å²) in [6.45, 7) is 3.40. The van der Waals surface area contributed by atoms with Crippen molar-refractivity contribution in [3.63, 3.8) is 0 Å². The van der Waals surface area contributed by atoms with E-state index in [0.29, 0.717) is 13.1 Å². The predicted molar refractivity (Wildman–Crippen MR) is 81.5 cm³/mol. The van der Waals surface area contributed by atoms with E-state index in [-0.39, 0.29) is 24.8 Å². The molecule has 20 heavy (non-hydrogen) atoms. The van der Waals surface area contributed by atoms with Crippen LogP contribution in [0.15, 0.2) is 28.7 Å². The lowest BCUT2D eigenvalue weighted by atomic mass is 10.3. The number of benzene rings is 1. The van der Waals surface area contributed by atoms with Gasteiger partial charge in [-0.05, 0) is 24.7 Å². The lowest BCUT2D eigenvalue weighted by Gasteiger charge is -2.19. The van der Waals surface area contributed by atoms with Crippen molar-refractivity contribution in [3.05, 3.63) is 28.7 Å². The highest BCUT2D eigenvalue weighted by molar-refractivity contribution is 9.10. The second-order valence-electron chi connectivity index (χ2n) is 4.25. The molecule has 0 saturated carbocycles. The molecule has 0 radical (unpaired) electrons. The Hall–Kier alpha value is -1.40. The fraction of sp³-hybridized carbons (Fsp3) is 0.429. The van der Waals surface area contributed by atoms with E-state index in [2.05, 4.69) is 26.0 Å². The van der Waals surface area contributed by atoms with Crippen LogP contribution >= 0.6 is 15.9 Å². The number of amides is 1. The van der Waals surface area contributed by atoms with Gasteiger partial charge in [0.05, 0.1) is 20.1 Å². The number of hydrogen-bond acceptors (Lipinski definition) is 4. The fourth-order valence-electron chi connectivity index (χ4n) is 1.67. The molecule has 0 atom stereocenters. The standard InChI is InChI=1S/C14H19BrN2O3/c1-3-17(8-7-14(19)20-2)10-13(18)16-12-6-4-5-11(15)9-12/h4-6,9H,3,7-8,10H2,1-2H3,(H,16,18). The average Bonchev–Trinajstić information content (AvgIpc) is 2.42. The van der Waals surface area contributed by atoms with Crippen LogP contribution in [0.4, 0.5) is 5.69 Å². The van der Waals surface area contributed by atoms with Crippen molar-refractivity contribution in [1.82, 2.24) is 4.90 Å². The zero-order chi connectivity index (χ0) is 15.0. The van der Waals surface area contributed by atoms with Gasteiger partial charge in [0.2, 0.25) is 5.91 Å². The number of nitrogens with zero attached hydrogens (tertiary/aromatic N) is 1. The van der Waals surface area contributed by atoms with Crippen LogP contribution in [0.2, 0.25) is 0 Å². The van der Waals surface area contributed by atoms with Crippen molar-refractivity contribution in [3.8, 4) is 0 Å². The fourth-order valence-corrected chi connectivity index (χ4v) is 2.07. The number of hydrogen-bond donors (Lipinski definition) is 1. The van der Waals surface area contributed by atoms with Crippen molar-refractivity contribution in [2.45, 2.75) is 13.3 Å². The maximum Gasteiger partial charge on any atom is 0.306 e. The topological polar surface area (TPSA) is 58.6 Å². The molecule has 6 heteroatoms. The lowest BCUT2D eigenvalue weighted by Crippen LogP contribution is -2.34. The summed E-state index contributed by atoms with van der Waals surface area (Å²) < 4.78 is 5.50. The van der Waals surface area contributed by atoms with E-state index in [0.717, 1.165) is 10.2 Å². The third kappa shape index (κ3) is 6.16. The number of halogens is 1. The van der Waals surface area contributed by atoms with Gasteiger partial charge in [-0.3, -0.25) is 14.5 Å². The molecule has 0 saturated heterocycles. The van der Waals surface area contributed by atoms with Crippen LogP contribution in [-0.2, 0) is 14.3 Å². The smallest absolute Gasteiger partial charge is 0.306 e. The second-order valence-corrected chi connectivity index (χ2v) is 5.17. The Kier molecular flexibility index (Phi) is 7.25. The van der Waals surface area contributed by atoms with E-state index in [1.165, 1.54) is 7.11 Å². The van der Waals surface area contributed by atoms with Gasteiger partial charge in [0.15, 0.2) is 0 Å². The van der Waals surface area contributed by atoms with Crippen molar-refractivity contribution >= 4 is 33.5 Å². The first-order chi connectivity index (χ1) is 9.55. The molecule has 0 bridgehead atoms. The van der Waals surface area contributed by atoms with Crippen molar-refractivity contribution < 1.29 is 14.3 Å². The van der Waals surface area contributed by atoms with E-state index in [1.807, 2.05) is 36.1 Å². The molecule has 0 unspecified atom stereocenters. The first-order valence-corrected chi connectivity index (χ1v) is 7.19. The number of anilines is 1. The van der Waals surface area contributed by atoms with Crippen LogP contribution in [0.1, 0.15) is 13.3 Å². The number of methoxy groups -OCH3 is 1. The van der Waals surface area contributed by atoms with E-state index in [4.69, 9.17) is 0 Å². The van der Waals surface area contributed by atoms with Crippen LogP contribution in [0.3, 0.4) is 0 Å². The van der Waals surface area contributed by atoms with Crippen LogP contribution < -0.4 is 5.32 Å². The summed E-state index contributed by atoms with van der Waals surface area (Å²) in [6.07, 6.45) is 0.286. The van der Waals surface area contributed by atoms with Gasteiger partial charge in [0.1, 0.15) is 0 Å². The summed E-state index contributed by atoms with van der Waals surface area (Å²) in [4.78, 5) is 24.9. The molecular weight excluding hydrogens is 324 g/mol. The van der Waals surface area contributed by atoms with Gasteiger partial charge in [0, 0.05) is 16.7 Å². The van der Waals surface area contributed by atoms with Gasteiger partial charge in [-0.15, -0.1) is 0 Å². The Morgan fingerprint density at radius 2 is 2.15 bits per heavy atom. The minimum absolute atomic E-state index is 0.102. The van der Waals surface area contributed by atoms with E-state index in [1.54, 1.807) is 0 Å². The highest BCUT2D eigenvalue weighted by Gasteiger charge is 2.11. The van der Waals surface area contributed by atoms with Gasteiger partial charge >= 0.3 is 5.97 Å². The SMILES string of the molecule is CCN(CCC(=O)OC)CC(=O)Nc1cccc(Br)c1. The maximum absolute atomic E-state index is 11.9. The Bertz CT molecular complexity index is 465. The largest absolute Gasteiger partial charge is 0.469 e. The molecule has 0 spiro atoms. The van der Waals surface area contributed by atoms with Gasteiger partial charge in [-0.1, -0.05) is 28.9 Å². The van der Waals surface area contributed by atoms with E-state index in [9.17, 15) is 9.59 Å². The summed E-state index contributed by atoms with van der Waals surface area (Å²) in [5.74, 6) is -0.370. The Morgan fingerprint density at radius 3 is 2.75 bits per heavy atom. The van der Waals surface area contributed by atoms with Crippen molar-refractivity contribution in [1.29, 1.82) is 0 Å². The normalized spacial score (nSPS) is 10.4. The minimum atomic E-state index is -0.268. The molecular formula is C14H19BrN2O3. The number of likely N-dealkylation sites (N-methyl/N-ethyl adjacent to an activating group) is 1. The molecule has 110 valence electrons. The summed E-state index contributed by atoms with van der Waals surface area (Å²) in [5.41, 5.74) is 0.744. The first-order valence-electron chi connectivity index (χ1n) is 6.39.